The van der Waals surface area contributed by atoms with Crippen LogP contribution in [0.1, 0.15) is 52.8 Å². The molecule has 5 heteroatoms. The van der Waals surface area contributed by atoms with E-state index in [4.69, 9.17) is 5.11 Å². The summed E-state index contributed by atoms with van der Waals surface area (Å²) in [4.78, 5) is 10.9. The van der Waals surface area contributed by atoms with Gasteiger partial charge in [0.1, 0.15) is 5.01 Å². The van der Waals surface area contributed by atoms with Crippen LogP contribution in [0.25, 0.3) is 0 Å². The number of aromatic nitrogens is 2. The smallest absolute Gasteiger partial charge is 0.367 e. The van der Waals surface area contributed by atoms with Crippen LogP contribution < -0.4 is 0 Å². The van der Waals surface area contributed by atoms with E-state index in [1.807, 2.05) is 0 Å². The Hall–Kier alpha value is -0.970. The Morgan fingerprint density at radius 2 is 1.67 bits per heavy atom. The molecule has 0 spiro atoms. The summed E-state index contributed by atoms with van der Waals surface area (Å²) in [5.41, 5.74) is 0. The maximum Gasteiger partial charge on any atom is 0.367 e. The fourth-order valence-electron chi connectivity index (χ4n) is 4.78. The van der Waals surface area contributed by atoms with E-state index < -0.39 is 5.97 Å². The van der Waals surface area contributed by atoms with Crippen molar-refractivity contribution in [3.8, 4) is 0 Å². The van der Waals surface area contributed by atoms with Gasteiger partial charge in [0.25, 0.3) is 0 Å². The molecule has 96 valence electrons. The molecule has 1 aromatic rings. The van der Waals surface area contributed by atoms with Crippen molar-refractivity contribution in [1.82, 2.24) is 10.2 Å². The molecule has 4 aliphatic rings. The molecule has 0 saturated heterocycles. The summed E-state index contributed by atoms with van der Waals surface area (Å²) in [7, 11) is 0. The monoisotopic (exact) mass is 264 g/mol. The molecule has 0 unspecified atom stereocenters. The van der Waals surface area contributed by atoms with Crippen LogP contribution in [-0.2, 0) is 0 Å². The van der Waals surface area contributed by atoms with Crippen molar-refractivity contribution in [3.63, 3.8) is 0 Å². The van der Waals surface area contributed by atoms with Gasteiger partial charge in [0.15, 0.2) is 0 Å². The number of carbonyl (C=O) groups is 1. The van der Waals surface area contributed by atoms with E-state index in [0.717, 1.165) is 28.7 Å². The fraction of sp³-hybridized carbons (Fsp3) is 0.769. The molecule has 0 radical (unpaired) electrons. The molecule has 4 bridgehead atoms. The van der Waals surface area contributed by atoms with Gasteiger partial charge in [0.2, 0.25) is 5.01 Å². The van der Waals surface area contributed by atoms with Gasteiger partial charge in [0, 0.05) is 5.92 Å². The van der Waals surface area contributed by atoms with Crippen molar-refractivity contribution < 1.29 is 9.90 Å². The Morgan fingerprint density at radius 1 is 1.06 bits per heavy atom. The second-order valence-electron chi connectivity index (χ2n) is 6.21. The lowest BCUT2D eigenvalue weighted by atomic mass is 9.52. The maximum absolute atomic E-state index is 10.9. The molecular formula is C13H16N2O2S. The number of carboxylic acid groups (broad SMARTS) is 1. The van der Waals surface area contributed by atoms with Crippen LogP contribution in [0.4, 0.5) is 0 Å². The first kappa shape index (κ1) is 10.9. The summed E-state index contributed by atoms with van der Waals surface area (Å²) in [6, 6.07) is 0. The fourth-order valence-corrected chi connectivity index (χ4v) is 5.75. The molecule has 4 nitrogen and oxygen atoms in total. The van der Waals surface area contributed by atoms with Gasteiger partial charge in [-0.1, -0.05) is 11.3 Å². The van der Waals surface area contributed by atoms with Crippen molar-refractivity contribution in [2.24, 2.45) is 23.7 Å². The maximum atomic E-state index is 10.9. The highest BCUT2D eigenvalue weighted by molar-refractivity contribution is 7.13. The number of carboxylic acids is 1. The zero-order valence-electron chi connectivity index (χ0n) is 10.1. The van der Waals surface area contributed by atoms with Gasteiger partial charge >= 0.3 is 5.97 Å². The Bertz CT molecular complexity index is 471. The average molecular weight is 264 g/mol. The number of hydrogen-bond donors (Lipinski definition) is 1. The molecule has 0 aromatic carbocycles. The molecule has 0 amide bonds. The van der Waals surface area contributed by atoms with Gasteiger partial charge < -0.3 is 5.11 Å². The van der Waals surface area contributed by atoms with Crippen LogP contribution in [0.3, 0.4) is 0 Å². The Morgan fingerprint density at radius 3 is 2.17 bits per heavy atom. The minimum atomic E-state index is -0.942. The molecule has 18 heavy (non-hydrogen) atoms. The number of hydrogen-bond acceptors (Lipinski definition) is 4. The highest BCUT2D eigenvalue weighted by Crippen LogP contribution is 2.59. The van der Waals surface area contributed by atoms with E-state index in [1.54, 1.807) is 0 Å². The molecule has 5 rings (SSSR count). The van der Waals surface area contributed by atoms with Gasteiger partial charge in [-0.2, -0.15) is 0 Å². The first-order valence-electron chi connectivity index (χ1n) is 6.77. The SMILES string of the molecule is O=C(O)c1nnc(C2C3CC4CC(C3)CC2C4)s1. The predicted octanol–water partition coefficient (Wildman–Crippen LogP) is 2.78. The third-order valence-electron chi connectivity index (χ3n) is 5.14. The lowest BCUT2D eigenvalue weighted by Crippen LogP contribution is -2.43. The lowest BCUT2D eigenvalue weighted by molar-refractivity contribution is -0.00303. The summed E-state index contributed by atoms with van der Waals surface area (Å²) < 4.78 is 0. The summed E-state index contributed by atoms with van der Waals surface area (Å²) in [5.74, 6) is 2.93. The van der Waals surface area contributed by atoms with Crippen LogP contribution >= 0.6 is 11.3 Å². The summed E-state index contributed by atoms with van der Waals surface area (Å²) >= 11 is 1.30. The summed E-state index contributed by atoms with van der Waals surface area (Å²) in [6.07, 6.45) is 6.77. The van der Waals surface area contributed by atoms with Gasteiger partial charge in [-0.15, -0.1) is 10.2 Å². The topological polar surface area (TPSA) is 63.1 Å². The number of nitrogens with zero attached hydrogens (tertiary/aromatic N) is 2. The summed E-state index contributed by atoms with van der Waals surface area (Å²) in [6.45, 7) is 0. The van der Waals surface area contributed by atoms with E-state index in [9.17, 15) is 4.79 Å². The lowest BCUT2D eigenvalue weighted by Gasteiger charge is -2.53. The van der Waals surface area contributed by atoms with Crippen molar-refractivity contribution in [2.75, 3.05) is 0 Å². The largest absolute Gasteiger partial charge is 0.476 e. The van der Waals surface area contributed by atoms with Gasteiger partial charge in [0.05, 0.1) is 0 Å². The minimum Gasteiger partial charge on any atom is -0.476 e. The molecule has 1 aromatic heterocycles. The van der Waals surface area contributed by atoms with Crippen LogP contribution in [0.5, 0.6) is 0 Å². The van der Waals surface area contributed by atoms with Crippen molar-refractivity contribution >= 4 is 17.3 Å². The third-order valence-corrected chi connectivity index (χ3v) is 6.15. The van der Waals surface area contributed by atoms with Gasteiger partial charge in [-0.05, 0) is 55.8 Å². The van der Waals surface area contributed by atoms with E-state index >= 15 is 0 Å². The number of rotatable bonds is 2. The molecule has 0 aliphatic heterocycles. The normalized spacial score (nSPS) is 41.2. The third kappa shape index (κ3) is 1.53. The second-order valence-corrected chi connectivity index (χ2v) is 7.22. The molecule has 4 fully saturated rings. The average Bonchev–Trinajstić information content (AvgIpc) is 2.77. The minimum absolute atomic E-state index is 0.152. The summed E-state index contributed by atoms with van der Waals surface area (Å²) in [5, 5.41) is 18.1. The molecule has 4 aliphatic carbocycles. The van der Waals surface area contributed by atoms with Crippen LogP contribution in [0.15, 0.2) is 0 Å². The quantitative estimate of drug-likeness (QED) is 0.892. The molecular weight excluding hydrogens is 248 g/mol. The van der Waals surface area contributed by atoms with E-state index in [2.05, 4.69) is 10.2 Å². The molecule has 4 saturated carbocycles. The first-order valence-corrected chi connectivity index (χ1v) is 7.59. The highest BCUT2D eigenvalue weighted by atomic mass is 32.1. The van der Waals surface area contributed by atoms with Crippen molar-refractivity contribution in [1.29, 1.82) is 0 Å². The Labute approximate surface area is 109 Å². The Balaban J connectivity index is 1.66. The standard InChI is InChI=1S/C13H16N2O2S/c16-13(17)12-15-14-11(18-12)10-8-2-6-1-7(4-8)5-9(10)3-6/h6-10H,1-5H2,(H,16,17). The molecule has 0 atom stereocenters. The zero-order valence-corrected chi connectivity index (χ0v) is 10.9. The van der Waals surface area contributed by atoms with Gasteiger partial charge in [-0.3, -0.25) is 0 Å². The number of aromatic carboxylic acids is 1. The molecule has 1 heterocycles. The second kappa shape index (κ2) is 3.76. The first-order chi connectivity index (χ1) is 8.70. The van der Waals surface area contributed by atoms with Crippen molar-refractivity contribution in [2.45, 2.75) is 38.0 Å². The van der Waals surface area contributed by atoms with Gasteiger partial charge in [-0.25, -0.2) is 4.79 Å². The predicted molar refractivity (Wildman–Crippen MR) is 66.7 cm³/mol. The zero-order chi connectivity index (χ0) is 12.3. The van der Waals surface area contributed by atoms with E-state index in [1.165, 1.54) is 43.4 Å². The molecule has 1 N–H and O–H groups in total. The van der Waals surface area contributed by atoms with Crippen LogP contribution in [0, 0.1) is 23.7 Å². The van der Waals surface area contributed by atoms with Crippen molar-refractivity contribution in [3.05, 3.63) is 10.0 Å². The van der Waals surface area contributed by atoms with Crippen LogP contribution in [-0.4, -0.2) is 21.3 Å². The van der Waals surface area contributed by atoms with E-state index in [-0.39, 0.29) is 5.01 Å². The highest BCUT2D eigenvalue weighted by Gasteiger charge is 2.49. The Kier molecular flexibility index (Phi) is 2.28. The van der Waals surface area contributed by atoms with Crippen LogP contribution in [0.2, 0.25) is 0 Å². The van der Waals surface area contributed by atoms with E-state index in [0.29, 0.717) is 5.92 Å².